The van der Waals surface area contributed by atoms with E-state index >= 15 is 0 Å². The van der Waals surface area contributed by atoms with E-state index in [-0.39, 0.29) is 11.4 Å². The van der Waals surface area contributed by atoms with Crippen LogP contribution in [0.2, 0.25) is 0 Å². The van der Waals surface area contributed by atoms with Crippen molar-refractivity contribution >= 4 is 17.2 Å². The molecule has 2 rings (SSSR count). The number of hydrogen-bond donors (Lipinski definition) is 2. The third kappa shape index (κ3) is 2.54. The van der Waals surface area contributed by atoms with Crippen LogP contribution < -0.4 is 10.6 Å². The maximum Gasteiger partial charge on any atom is 0.172 e. The first kappa shape index (κ1) is 13.8. The van der Waals surface area contributed by atoms with Gasteiger partial charge in [0.15, 0.2) is 5.84 Å². The molecule has 0 aliphatic carbocycles. The Bertz CT molecular complexity index is 659. The van der Waals surface area contributed by atoms with Crippen LogP contribution in [0, 0.1) is 11.6 Å². The number of nitrogens with two attached hydrogens (primary N) is 1. The number of benzene rings is 2. The van der Waals surface area contributed by atoms with E-state index < -0.39 is 11.6 Å². The quantitative estimate of drug-likeness (QED) is 0.392. The summed E-state index contributed by atoms with van der Waals surface area (Å²) in [6.45, 7) is 0. The molecule has 0 saturated heterocycles. The molecule has 0 unspecified atom stereocenters. The van der Waals surface area contributed by atoms with Gasteiger partial charge in [-0.3, -0.25) is 0 Å². The lowest BCUT2D eigenvalue weighted by molar-refractivity contribution is 0.318. The summed E-state index contributed by atoms with van der Waals surface area (Å²) in [6, 6.07) is 9.94. The Hall–Kier alpha value is -2.63. The first-order valence-electron chi connectivity index (χ1n) is 5.80. The zero-order chi connectivity index (χ0) is 14.7. The molecule has 0 heterocycles. The van der Waals surface area contributed by atoms with E-state index in [1.165, 1.54) is 23.1 Å². The topological polar surface area (TPSA) is 61.8 Å². The van der Waals surface area contributed by atoms with Crippen molar-refractivity contribution in [2.75, 3.05) is 11.9 Å². The fourth-order valence-electron chi connectivity index (χ4n) is 1.91. The van der Waals surface area contributed by atoms with Gasteiger partial charge in [-0.25, -0.2) is 8.78 Å². The average molecular weight is 277 g/mol. The Labute approximate surface area is 114 Å². The molecule has 6 heteroatoms. The molecule has 3 N–H and O–H groups in total. The number of halogens is 2. The number of hydrogen-bond acceptors (Lipinski definition) is 3. The van der Waals surface area contributed by atoms with Gasteiger partial charge in [0.25, 0.3) is 0 Å². The van der Waals surface area contributed by atoms with Crippen molar-refractivity contribution in [2.45, 2.75) is 0 Å². The van der Waals surface area contributed by atoms with Crippen molar-refractivity contribution in [1.82, 2.24) is 0 Å². The fraction of sp³-hybridized carbons (Fsp3) is 0.0714. The van der Waals surface area contributed by atoms with Crippen LogP contribution in [-0.2, 0) is 0 Å². The van der Waals surface area contributed by atoms with Crippen molar-refractivity contribution in [2.24, 2.45) is 10.9 Å². The van der Waals surface area contributed by atoms with Crippen LogP contribution in [0.4, 0.5) is 20.2 Å². The van der Waals surface area contributed by atoms with Gasteiger partial charge in [0.1, 0.15) is 11.6 Å². The third-order valence-corrected chi connectivity index (χ3v) is 2.92. The Morgan fingerprint density at radius 2 is 1.85 bits per heavy atom. The molecule has 0 aromatic heterocycles. The lowest BCUT2D eigenvalue weighted by Crippen LogP contribution is -2.20. The van der Waals surface area contributed by atoms with E-state index in [2.05, 4.69) is 5.16 Å². The maximum atomic E-state index is 13.8. The smallest absolute Gasteiger partial charge is 0.172 e. The molecule has 0 saturated carbocycles. The standard InChI is InChI=1S/C14H13F2N3O/c1-19(13-5-3-2-4-11(13)16)12-7-6-9(15)8-10(12)14(17)18-20/h2-8,20H,1H3,(H2,17,18). The Morgan fingerprint density at radius 1 is 1.15 bits per heavy atom. The summed E-state index contributed by atoms with van der Waals surface area (Å²) in [4.78, 5) is 1.50. The van der Waals surface area contributed by atoms with Crippen molar-refractivity contribution < 1.29 is 14.0 Å². The van der Waals surface area contributed by atoms with Crippen LogP contribution in [0.1, 0.15) is 5.56 Å². The highest BCUT2D eigenvalue weighted by Crippen LogP contribution is 2.29. The van der Waals surface area contributed by atoms with E-state index in [0.29, 0.717) is 11.4 Å². The molecule has 4 nitrogen and oxygen atoms in total. The fourth-order valence-corrected chi connectivity index (χ4v) is 1.91. The van der Waals surface area contributed by atoms with Crippen LogP contribution in [-0.4, -0.2) is 18.1 Å². The number of para-hydroxylation sites is 1. The van der Waals surface area contributed by atoms with E-state index in [4.69, 9.17) is 10.9 Å². The molecule has 0 bridgehead atoms. The van der Waals surface area contributed by atoms with Gasteiger partial charge in [-0.1, -0.05) is 17.3 Å². The lowest BCUT2D eigenvalue weighted by atomic mass is 10.1. The minimum atomic E-state index is -0.530. The minimum Gasteiger partial charge on any atom is -0.409 e. The van der Waals surface area contributed by atoms with Crippen LogP contribution in [0.5, 0.6) is 0 Å². The van der Waals surface area contributed by atoms with Crippen LogP contribution >= 0.6 is 0 Å². The van der Waals surface area contributed by atoms with Gasteiger partial charge in [-0.05, 0) is 30.3 Å². The molecule has 0 spiro atoms. The number of oxime groups is 1. The Balaban J connectivity index is 2.55. The van der Waals surface area contributed by atoms with Gasteiger partial charge < -0.3 is 15.8 Å². The molecular formula is C14H13F2N3O. The van der Waals surface area contributed by atoms with Gasteiger partial charge in [0, 0.05) is 12.6 Å². The summed E-state index contributed by atoms with van der Waals surface area (Å²) < 4.78 is 27.1. The molecular weight excluding hydrogens is 264 g/mol. The van der Waals surface area contributed by atoms with Gasteiger partial charge in [-0.2, -0.15) is 0 Å². The third-order valence-electron chi connectivity index (χ3n) is 2.92. The van der Waals surface area contributed by atoms with Crippen LogP contribution in [0.25, 0.3) is 0 Å². The number of nitrogens with zero attached hydrogens (tertiary/aromatic N) is 2. The zero-order valence-corrected chi connectivity index (χ0v) is 10.7. The Morgan fingerprint density at radius 3 is 2.50 bits per heavy atom. The van der Waals surface area contributed by atoms with Gasteiger partial charge in [0.2, 0.25) is 0 Å². The van der Waals surface area contributed by atoms with Crippen molar-refractivity contribution in [3.63, 3.8) is 0 Å². The summed E-state index contributed by atoms with van der Waals surface area (Å²) in [7, 11) is 1.61. The first-order chi connectivity index (χ1) is 9.54. The lowest BCUT2D eigenvalue weighted by Gasteiger charge is -2.22. The van der Waals surface area contributed by atoms with E-state index in [0.717, 1.165) is 6.07 Å². The van der Waals surface area contributed by atoms with E-state index in [1.807, 2.05) is 0 Å². The average Bonchev–Trinajstić information content (AvgIpc) is 2.46. The molecule has 0 aliphatic rings. The van der Waals surface area contributed by atoms with Gasteiger partial charge in [0.05, 0.1) is 11.4 Å². The second-order valence-corrected chi connectivity index (χ2v) is 4.16. The summed E-state index contributed by atoms with van der Waals surface area (Å²) in [5.41, 5.74) is 6.43. The molecule has 2 aromatic carbocycles. The summed E-state index contributed by atoms with van der Waals surface area (Å²) in [5, 5.41) is 11.6. The molecule has 0 amide bonds. The van der Waals surface area contributed by atoms with Gasteiger partial charge in [-0.15, -0.1) is 0 Å². The second-order valence-electron chi connectivity index (χ2n) is 4.16. The predicted octanol–water partition coefficient (Wildman–Crippen LogP) is 2.83. The molecule has 20 heavy (non-hydrogen) atoms. The predicted molar refractivity (Wildman–Crippen MR) is 73.4 cm³/mol. The van der Waals surface area contributed by atoms with Gasteiger partial charge >= 0.3 is 0 Å². The summed E-state index contributed by atoms with van der Waals surface area (Å²) in [5.74, 6) is -1.20. The Kier molecular flexibility index (Phi) is 3.84. The molecule has 2 aromatic rings. The molecule has 0 fully saturated rings. The monoisotopic (exact) mass is 277 g/mol. The van der Waals surface area contributed by atoms with Crippen molar-refractivity contribution in [3.05, 3.63) is 59.7 Å². The van der Waals surface area contributed by atoms with Crippen LogP contribution in [0.3, 0.4) is 0 Å². The largest absolute Gasteiger partial charge is 0.409 e. The molecule has 0 aliphatic heterocycles. The molecule has 104 valence electrons. The summed E-state index contributed by atoms with van der Waals surface area (Å²) in [6.07, 6.45) is 0. The van der Waals surface area contributed by atoms with Crippen molar-refractivity contribution in [3.8, 4) is 0 Å². The van der Waals surface area contributed by atoms with Crippen molar-refractivity contribution in [1.29, 1.82) is 0 Å². The number of amidine groups is 1. The van der Waals surface area contributed by atoms with E-state index in [1.54, 1.807) is 25.2 Å². The number of anilines is 2. The highest BCUT2D eigenvalue weighted by molar-refractivity contribution is 6.02. The number of rotatable bonds is 3. The minimum absolute atomic E-state index is 0.179. The van der Waals surface area contributed by atoms with E-state index in [9.17, 15) is 8.78 Å². The second kappa shape index (κ2) is 5.56. The summed E-state index contributed by atoms with van der Waals surface area (Å²) >= 11 is 0. The highest BCUT2D eigenvalue weighted by atomic mass is 19.1. The SMILES string of the molecule is CN(c1ccccc1F)c1ccc(F)cc1C(N)=NO. The normalized spacial score (nSPS) is 11.4. The maximum absolute atomic E-state index is 13.8. The highest BCUT2D eigenvalue weighted by Gasteiger charge is 2.15. The zero-order valence-electron chi connectivity index (χ0n) is 10.7. The van der Waals surface area contributed by atoms with Crippen LogP contribution in [0.15, 0.2) is 47.6 Å². The molecule has 0 atom stereocenters. The first-order valence-corrected chi connectivity index (χ1v) is 5.80. The molecule has 0 radical (unpaired) electrons.